The fourth-order valence-corrected chi connectivity index (χ4v) is 2.17. The van der Waals surface area contributed by atoms with Crippen LogP contribution >= 0.6 is 0 Å². The summed E-state index contributed by atoms with van der Waals surface area (Å²) < 4.78 is 13.5. The first-order valence-electron chi connectivity index (χ1n) is 6.31. The Morgan fingerprint density at radius 1 is 1.19 bits per heavy atom. The molecule has 0 unspecified atom stereocenters. The van der Waals surface area contributed by atoms with E-state index < -0.39 is 5.82 Å². The van der Waals surface area contributed by atoms with E-state index in [0.717, 1.165) is 11.1 Å². The molecule has 0 fully saturated rings. The number of aromatic amines is 2. The summed E-state index contributed by atoms with van der Waals surface area (Å²) in [4.78, 5) is 16.5. The molecule has 0 aliphatic heterocycles. The first-order chi connectivity index (χ1) is 10.2. The maximum Gasteiger partial charge on any atom is 0.323 e. The van der Waals surface area contributed by atoms with Crippen LogP contribution in [-0.2, 0) is 6.54 Å². The van der Waals surface area contributed by atoms with Gasteiger partial charge in [0.05, 0.1) is 16.7 Å². The minimum Gasteiger partial charge on any atom is -0.380 e. The molecule has 2 aromatic carbocycles. The summed E-state index contributed by atoms with van der Waals surface area (Å²) in [6.45, 7) is 0.418. The van der Waals surface area contributed by atoms with Crippen molar-refractivity contribution in [3.63, 3.8) is 0 Å². The number of fused-ring (bicyclic) bond motifs is 1. The Kier molecular flexibility index (Phi) is 3.16. The van der Waals surface area contributed by atoms with Gasteiger partial charge < -0.3 is 15.3 Å². The number of nitrogens with one attached hydrogen (secondary N) is 3. The maximum atomic E-state index is 13.5. The number of hydrogen-bond acceptors (Lipinski definition) is 3. The van der Waals surface area contributed by atoms with Crippen molar-refractivity contribution in [3.8, 4) is 6.07 Å². The van der Waals surface area contributed by atoms with Crippen LogP contribution in [0.3, 0.4) is 0 Å². The molecule has 104 valence electrons. The molecule has 3 rings (SSSR count). The minimum absolute atomic E-state index is 0.00590. The van der Waals surface area contributed by atoms with Crippen LogP contribution in [0.1, 0.15) is 11.1 Å². The number of nitriles is 1. The van der Waals surface area contributed by atoms with Crippen molar-refractivity contribution in [2.75, 3.05) is 5.32 Å². The van der Waals surface area contributed by atoms with E-state index in [4.69, 9.17) is 5.26 Å². The van der Waals surface area contributed by atoms with Gasteiger partial charge in [0.1, 0.15) is 17.4 Å². The molecule has 0 radical (unpaired) electrons. The molecule has 0 aliphatic rings. The quantitative estimate of drug-likeness (QED) is 0.690. The highest BCUT2D eigenvalue weighted by Gasteiger charge is 2.07. The third kappa shape index (κ3) is 2.49. The number of benzene rings is 2. The predicted molar refractivity (Wildman–Crippen MR) is 77.4 cm³/mol. The maximum absolute atomic E-state index is 13.5. The van der Waals surface area contributed by atoms with Crippen LogP contribution in [0.4, 0.5) is 10.1 Å². The minimum atomic E-state index is -0.548. The van der Waals surface area contributed by atoms with E-state index in [1.54, 1.807) is 18.2 Å². The predicted octanol–water partition coefficient (Wildman–Crippen LogP) is 2.48. The first kappa shape index (κ1) is 12.9. The molecule has 1 aromatic heterocycles. The summed E-state index contributed by atoms with van der Waals surface area (Å²) in [5.74, 6) is -0.548. The number of hydrogen-bond donors (Lipinski definition) is 3. The van der Waals surface area contributed by atoms with Crippen LogP contribution in [0.5, 0.6) is 0 Å². The lowest BCUT2D eigenvalue weighted by Crippen LogP contribution is -2.02. The second-order valence-corrected chi connectivity index (χ2v) is 4.59. The van der Waals surface area contributed by atoms with E-state index in [-0.39, 0.29) is 11.3 Å². The Morgan fingerprint density at radius 3 is 2.81 bits per heavy atom. The molecule has 5 nitrogen and oxygen atoms in total. The normalized spacial score (nSPS) is 10.5. The molecule has 3 aromatic rings. The molecule has 0 amide bonds. The van der Waals surface area contributed by atoms with Crippen LogP contribution < -0.4 is 11.0 Å². The Balaban J connectivity index is 1.85. The topological polar surface area (TPSA) is 84.5 Å². The van der Waals surface area contributed by atoms with Gasteiger partial charge in [-0.05, 0) is 29.8 Å². The highest BCUT2D eigenvalue weighted by Crippen LogP contribution is 2.19. The third-order valence-electron chi connectivity index (χ3n) is 3.19. The van der Waals surface area contributed by atoms with E-state index >= 15 is 0 Å². The largest absolute Gasteiger partial charge is 0.380 e. The lowest BCUT2D eigenvalue weighted by molar-refractivity contribution is 0.624. The molecule has 0 saturated carbocycles. The number of nitrogens with zero attached hydrogens (tertiary/aromatic N) is 1. The lowest BCUT2D eigenvalue weighted by atomic mass is 10.1. The third-order valence-corrected chi connectivity index (χ3v) is 3.19. The van der Waals surface area contributed by atoms with Gasteiger partial charge in [0.15, 0.2) is 0 Å². The standard InChI is InChI=1S/C15H11FN4O/c16-11-2-1-3-12(10(11)7-17)18-8-9-4-5-13-14(6-9)20-15(21)19-13/h1-6,18H,8H2,(H2,19,20,21). The molecule has 1 heterocycles. The summed E-state index contributed by atoms with van der Waals surface area (Å²) in [5, 5.41) is 12.0. The average Bonchev–Trinajstić information content (AvgIpc) is 2.84. The van der Waals surface area contributed by atoms with Crippen LogP contribution in [0.2, 0.25) is 0 Å². The highest BCUT2D eigenvalue weighted by atomic mass is 19.1. The molecule has 0 spiro atoms. The van der Waals surface area contributed by atoms with Gasteiger partial charge in [-0.2, -0.15) is 5.26 Å². The molecular formula is C15H11FN4O. The second kappa shape index (κ2) is 5.13. The van der Waals surface area contributed by atoms with Gasteiger partial charge >= 0.3 is 5.69 Å². The van der Waals surface area contributed by atoms with Crippen molar-refractivity contribution in [2.24, 2.45) is 0 Å². The van der Waals surface area contributed by atoms with Gasteiger partial charge in [-0.25, -0.2) is 9.18 Å². The monoisotopic (exact) mass is 282 g/mol. The highest BCUT2D eigenvalue weighted by molar-refractivity contribution is 5.75. The number of aromatic nitrogens is 2. The smallest absolute Gasteiger partial charge is 0.323 e. The summed E-state index contributed by atoms with van der Waals surface area (Å²) in [6.07, 6.45) is 0. The van der Waals surface area contributed by atoms with Crippen molar-refractivity contribution in [1.82, 2.24) is 9.97 Å². The van der Waals surface area contributed by atoms with Gasteiger partial charge in [-0.3, -0.25) is 0 Å². The van der Waals surface area contributed by atoms with Gasteiger partial charge in [-0.15, -0.1) is 0 Å². The van der Waals surface area contributed by atoms with Crippen molar-refractivity contribution in [3.05, 3.63) is 63.8 Å². The summed E-state index contributed by atoms with van der Waals surface area (Å²) in [5.41, 5.74) is 2.53. The molecular weight excluding hydrogens is 271 g/mol. The molecule has 0 saturated heterocycles. The summed E-state index contributed by atoms with van der Waals surface area (Å²) in [7, 11) is 0. The first-order valence-corrected chi connectivity index (χ1v) is 6.31. The zero-order valence-corrected chi connectivity index (χ0v) is 10.9. The van der Waals surface area contributed by atoms with E-state index in [1.165, 1.54) is 6.07 Å². The van der Waals surface area contributed by atoms with Gasteiger partial charge in [-0.1, -0.05) is 12.1 Å². The SMILES string of the molecule is N#Cc1c(F)cccc1NCc1ccc2[nH]c(=O)[nH]c2c1. The van der Waals surface area contributed by atoms with Crippen LogP contribution in [0, 0.1) is 17.1 Å². The fraction of sp³-hybridized carbons (Fsp3) is 0.0667. The number of halogens is 1. The van der Waals surface area contributed by atoms with Crippen LogP contribution in [-0.4, -0.2) is 9.97 Å². The van der Waals surface area contributed by atoms with Crippen LogP contribution in [0.15, 0.2) is 41.2 Å². The average molecular weight is 282 g/mol. The second-order valence-electron chi connectivity index (χ2n) is 4.59. The van der Waals surface area contributed by atoms with Crippen LogP contribution in [0.25, 0.3) is 11.0 Å². The van der Waals surface area contributed by atoms with Gasteiger partial charge in [0, 0.05) is 6.54 Å². The van der Waals surface area contributed by atoms with Gasteiger partial charge in [0.25, 0.3) is 0 Å². The number of anilines is 1. The van der Waals surface area contributed by atoms with E-state index in [0.29, 0.717) is 17.7 Å². The zero-order valence-electron chi connectivity index (χ0n) is 10.9. The molecule has 0 atom stereocenters. The molecule has 0 aliphatic carbocycles. The Bertz CT molecular complexity index is 904. The van der Waals surface area contributed by atoms with E-state index in [9.17, 15) is 9.18 Å². The number of rotatable bonds is 3. The number of H-pyrrole nitrogens is 2. The summed E-state index contributed by atoms with van der Waals surface area (Å²) in [6, 6.07) is 11.8. The van der Waals surface area contributed by atoms with E-state index in [1.807, 2.05) is 18.2 Å². The van der Waals surface area contributed by atoms with Crippen molar-refractivity contribution >= 4 is 16.7 Å². The van der Waals surface area contributed by atoms with Crippen molar-refractivity contribution in [2.45, 2.75) is 6.54 Å². The van der Waals surface area contributed by atoms with E-state index in [2.05, 4.69) is 15.3 Å². The zero-order chi connectivity index (χ0) is 14.8. The van der Waals surface area contributed by atoms with Gasteiger partial charge in [0.2, 0.25) is 0 Å². The lowest BCUT2D eigenvalue weighted by Gasteiger charge is -2.08. The Hall–Kier alpha value is -3.07. The molecule has 3 N–H and O–H groups in total. The Labute approximate surface area is 119 Å². The summed E-state index contributed by atoms with van der Waals surface area (Å²) >= 11 is 0. The molecule has 0 bridgehead atoms. The van der Waals surface area contributed by atoms with Crippen molar-refractivity contribution in [1.29, 1.82) is 5.26 Å². The number of imidazole rings is 1. The molecule has 21 heavy (non-hydrogen) atoms. The Morgan fingerprint density at radius 2 is 2.00 bits per heavy atom. The molecule has 6 heteroatoms. The van der Waals surface area contributed by atoms with Crippen molar-refractivity contribution < 1.29 is 4.39 Å². The fourth-order valence-electron chi connectivity index (χ4n) is 2.17.